The Balaban J connectivity index is 1.52. The summed E-state index contributed by atoms with van der Waals surface area (Å²) in [4.78, 5) is 0. The van der Waals surface area contributed by atoms with Crippen LogP contribution in [0, 0.1) is 29.4 Å². The second-order valence-electron chi connectivity index (χ2n) is 7.31. The average molecular weight is 339 g/mol. The van der Waals surface area contributed by atoms with Gasteiger partial charge in [0.1, 0.15) is 11.6 Å². The molecule has 1 aromatic carbocycles. The Bertz CT molecular complexity index is 518. The van der Waals surface area contributed by atoms with Crippen molar-refractivity contribution in [2.24, 2.45) is 17.8 Å². The molecule has 23 heavy (non-hydrogen) atoms. The summed E-state index contributed by atoms with van der Waals surface area (Å²) in [5.74, 6) is 1.72. The van der Waals surface area contributed by atoms with Crippen LogP contribution in [0.2, 0.25) is 0 Å². The van der Waals surface area contributed by atoms with Crippen LogP contribution in [0.4, 0.5) is 8.78 Å². The lowest BCUT2D eigenvalue weighted by molar-refractivity contribution is 0.171. The molecule has 3 heteroatoms. The van der Waals surface area contributed by atoms with E-state index in [1.807, 2.05) is 0 Å². The van der Waals surface area contributed by atoms with Gasteiger partial charge in [-0.15, -0.1) is 0 Å². The molecular weight excluding hydrogens is 314 g/mol. The molecule has 2 aliphatic carbocycles. The third kappa shape index (κ3) is 4.35. The van der Waals surface area contributed by atoms with Crippen molar-refractivity contribution in [1.82, 2.24) is 0 Å². The molecule has 0 amide bonds. The van der Waals surface area contributed by atoms with Crippen molar-refractivity contribution >= 4 is 11.6 Å². The van der Waals surface area contributed by atoms with E-state index in [1.165, 1.54) is 50.7 Å². The van der Waals surface area contributed by atoms with E-state index < -0.39 is 11.6 Å². The SMILES string of the molecule is Fc1cc(F)cc(C2CCC(C3CCC(C=CCl)CC3)CC2)c1. The first-order valence-electron chi connectivity index (χ1n) is 8.88. The minimum atomic E-state index is -0.451. The van der Waals surface area contributed by atoms with Gasteiger partial charge in [0.05, 0.1) is 0 Å². The zero-order chi connectivity index (χ0) is 16.2. The number of hydrogen-bond donors (Lipinski definition) is 0. The molecule has 3 rings (SSSR count). The molecule has 0 aromatic heterocycles. The first-order valence-corrected chi connectivity index (χ1v) is 9.32. The Labute approximate surface area is 142 Å². The van der Waals surface area contributed by atoms with Crippen LogP contribution in [0.15, 0.2) is 29.8 Å². The summed E-state index contributed by atoms with van der Waals surface area (Å²) in [5, 5.41) is 0. The van der Waals surface area contributed by atoms with Gasteiger partial charge in [0, 0.05) is 11.6 Å². The van der Waals surface area contributed by atoms with Gasteiger partial charge in [0.25, 0.3) is 0 Å². The largest absolute Gasteiger partial charge is 0.207 e. The van der Waals surface area contributed by atoms with Gasteiger partial charge in [-0.1, -0.05) is 17.7 Å². The third-order valence-electron chi connectivity index (χ3n) is 5.96. The van der Waals surface area contributed by atoms with Crippen LogP contribution in [-0.4, -0.2) is 0 Å². The minimum absolute atomic E-state index is 0.326. The Hall–Kier alpha value is -0.890. The standard InChI is InChI=1S/C20H25ClF2/c21-10-9-14-1-3-15(4-2-14)16-5-7-17(8-6-16)18-11-19(22)13-20(23)12-18/h9-17H,1-8H2. The summed E-state index contributed by atoms with van der Waals surface area (Å²) in [6.07, 6.45) is 11.8. The normalized spacial score (nSPS) is 32.3. The number of hydrogen-bond acceptors (Lipinski definition) is 0. The Kier molecular flexibility index (Phi) is 5.74. The molecule has 0 N–H and O–H groups in total. The van der Waals surface area contributed by atoms with Crippen LogP contribution in [0.1, 0.15) is 62.8 Å². The number of halogens is 3. The van der Waals surface area contributed by atoms with Crippen molar-refractivity contribution < 1.29 is 8.78 Å². The first-order chi connectivity index (χ1) is 11.2. The minimum Gasteiger partial charge on any atom is -0.207 e. The molecule has 0 nitrogen and oxygen atoms in total. The average Bonchev–Trinajstić information content (AvgIpc) is 2.55. The molecule has 0 heterocycles. The fourth-order valence-electron chi connectivity index (χ4n) is 4.65. The van der Waals surface area contributed by atoms with E-state index in [1.54, 1.807) is 5.54 Å². The highest BCUT2D eigenvalue weighted by Crippen LogP contribution is 2.44. The predicted molar refractivity (Wildman–Crippen MR) is 91.5 cm³/mol. The van der Waals surface area contributed by atoms with Gasteiger partial charge >= 0.3 is 0 Å². The summed E-state index contributed by atoms with van der Waals surface area (Å²) in [7, 11) is 0. The maximum absolute atomic E-state index is 13.4. The molecule has 0 bridgehead atoms. The molecule has 1 aromatic rings. The monoisotopic (exact) mass is 338 g/mol. The number of allylic oxidation sites excluding steroid dienone is 1. The zero-order valence-electron chi connectivity index (χ0n) is 13.5. The zero-order valence-corrected chi connectivity index (χ0v) is 14.2. The summed E-state index contributed by atoms with van der Waals surface area (Å²) in [5.41, 5.74) is 2.51. The maximum atomic E-state index is 13.4. The highest BCUT2D eigenvalue weighted by molar-refractivity contribution is 6.25. The van der Waals surface area contributed by atoms with E-state index in [4.69, 9.17) is 11.6 Å². The van der Waals surface area contributed by atoms with Gasteiger partial charge in [-0.2, -0.15) is 0 Å². The van der Waals surface area contributed by atoms with E-state index in [2.05, 4.69) is 6.08 Å². The Morgan fingerprint density at radius 3 is 1.83 bits per heavy atom. The summed E-state index contributed by atoms with van der Waals surface area (Å²) in [6.45, 7) is 0. The van der Waals surface area contributed by atoms with E-state index in [-0.39, 0.29) is 0 Å². The van der Waals surface area contributed by atoms with Gasteiger partial charge < -0.3 is 0 Å². The van der Waals surface area contributed by atoms with Crippen LogP contribution in [0.5, 0.6) is 0 Å². The van der Waals surface area contributed by atoms with Crippen LogP contribution < -0.4 is 0 Å². The molecule has 0 spiro atoms. The molecule has 126 valence electrons. The molecule has 2 saturated carbocycles. The number of benzene rings is 1. The van der Waals surface area contributed by atoms with Gasteiger partial charge in [-0.3, -0.25) is 0 Å². The fourth-order valence-corrected chi connectivity index (χ4v) is 4.85. The van der Waals surface area contributed by atoms with Gasteiger partial charge in [0.2, 0.25) is 0 Å². The highest BCUT2D eigenvalue weighted by Gasteiger charge is 2.31. The Morgan fingerprint density at radius 2 is 1.30 bits per heavy atom. The topological polar surface area (TPSA) is 0 Å². The van der Waals surface area contributed by atoms with Crippen molar-refractivity contribution in [3.8, 4) is 0 Å². The van der Waals surface area contributed by atoms with Crippen molar-refractivity contribution in [3.05, 3.63) is 47.0 Å². The first kappa shape index (κ1) is 17.0. The van der Waals surface area contributed by atoms with Gasteiger partial charge in [0.15, 0.2) is 0 Å². The van der Waals surface area contributed by atoms with Crippen molar-refractivity contribution in [2.45, 2.75) is 57.3 Å². The molecule has 0 saturated heterocycles. The third-order valence-corrected chi connectivity index (χ3v) is 6.10. The van der Waals surface area contributed by atoms with Crippen LogP contribution in [0.3, 0.4) is 0 Å². The number of rotatable bonds is 3. The molecule has 2 aliphatic rings. The van der Waals surface area contributed by atoms with Gasteiger partial charge in [-0.25, -0.2) is 8.78 Å². The summed E-state index contributed by atoms with van der Waals surface area (Å²) in [6, 6.07) is 3.98. The van der Waals surface area contributed by atoms with E-state index in [0.29, 0.717) is 11.8 Å². The second-order valence-corrected chi connectivity index (χ2v) is 7.56. The van der Waals surface area contributed by atoms with Crippen LogP contribution >= 0.6 is 11.6 Å². The van der Waals surface area contributed by atoms with E-state index in [9.17, 15) is 8.78 Å². The van der Waals surface area contributed by atoms with Crippen molar-refractivity contribution in [2.75, 3.05) is 0 Å². The Morgan fingerprint density at radius 1 is 0.783 bits per heavy atom. The van der Waals surface area contributed by atoms with Gasteiger partial charge in [-0.05, 0) is 92.7 Å². The molecule has 0 radical (unpaired) electrons. The quantitative estimate of drug-likeness (QED) is 0.568. The smallest absolute Gasteiger partial charge is 0.126 e. The molecule has 0 aliphatic heterocycles. The van der Waals surface area contributed by atoms with Crippen LogP contribution in [0.25, 0.3) is 0 Å². The maximum Gasteiger partial charge on any atom is 0.126 e. The van der Waals surface area contributed by atoms with Crippen molar-refractivity contribution in [1.29, 1.82) is 0 Å². The highest BCUT2D eigenvalue weighted by atomic mass is 35.5. The van der Waals surface area contributed by atoms with E-state index in [0.717, 1.165) is 36.3 Å². The fraction of sp³-hybridized carbons (Fsp3) is 0.600. The lowest BCUT2D eigenvalue weighted by Gasteiger charge is -2.37. The van der Waals surface area contributed by atoms with Crippen molar-refractivity contribution in [3.63, 3.8) is 0 Å². The molecule has 0 atom stereocenters. The molecular formula is C20H25ClF2. The lowest BCUT2D eigenvalue weighted by Crippen LogP contribution is -2.25. The molecule has 0 unspecified atom stereocenters. The lowest BCUT2D eigenvalue weighted by atomic mass is 9.68. The second kappa shape index (κ2) is 7.79. The summed E-state index contributed by atoms with van der Waals surface area (Å²) < 4.78 is 26.8. The summed E-state index contributed by atoms with van der Waals surface area (Å²) >= 11 is 5.68. The predicted octanol–water partition coefficient (Wildman–Crippen LogP) is 6.80. The van der Waals surface area contributed by atoms with Crippen LogP contribution in [-0.2, 0) is 0 Å². The van der Waals surface area contributed by atoms with E-state index >= 15 is 0 Å². The molecule has 2 fully saturated rings.